The predicted molar refractivity (Wildman–Crippen MR) is 63.4 cm³/mol. The van der Waals surface area contributed by atoms with Crippen molar-refractivity contribution in [2.45, 2.75) is 6.42 Å². The average Bonchev–Trinajstić information content (AvgIpc) is 2.58. The fraction of sp³-hybridized carbons (Fsp3) is 0.900. The molecule has 0 aromatic carbocycles. The van der Waals surface area contributed by atoms with Crippen molar-refractivity contribution in [2.24, 2.45) is 0 Å². The fourth-order valence-corrected chi connectivity index (χ4v) is 2.88. The molecular formula is C10H19N3OS. The number of nitrogens with zero attached hydrogens (tertiary/aromatic N) is 2. The maximum Gasteiger partial charge on any atom is 0.320 e. The third-order valence-electron chi connectivity index (χ3n) is 2.88. The molecule has 0 saturated carbocycles. The quantitative estimate of drug-likeness (QED) is 0.655. The van der Waals surface area contributed by atoms with Crippen LogP contribution in [0.2, 0.25) is 0 Å². The number of hydrogen-bond donors (Lipinski definition) is 1. The highest BCUT2D eigenvalue weighted by molar-refractivity contribution is 7.99. The van der Waals surface area contributed by atoms with Gasteiger partial charge >= 0.3 is 6.03 Å². The highest BCUT2D eigenvalue weighted by Gasteiger charge is 2.22. The second-order valence-corrected chi connectivity index (χ2v) is 5.20. The Morgan fingerprint density at radius 2 is 1.73 bits per heavy atom. The van der Waals surface area contributed by atoms with Gasteiger partial charge in [0.2, 0.25) is 0 Å². The van der Waals surface area contributed by atoms with E-state index in [-0.39, 0.29) is 6.03 Å². The van der Waals surface area contributed by atoms with E-state index in [0.29, 0.717) is 0 Å². The van der Waals surface area contributed by atoms with Crippen LogP contribution in [0, 0.1) is 0 Å². The Morgan fingerprint density at radius 3 is 2.53 bits per heavy atom. The topological polar surface area (TPSA) is 35.6 Å². The van der Waals surface area contributed by atoms with E-state index in [4.69, 9.17) is 0 Å². The maximum atomic E-state index is 12.1. The third-order valence-corrected chi connectivity index (χ3v) is 3.93. The molecule has 0 aromatic rings. The molecule has 2 aliphatic heterocycles. The molecule has 0 aromatic heterocycles. The van der Waals surface area contributed by atoms with Crippen LogP contribution in [0.25, 0.3) is 0 Å². The minimum atomic E-state index is 0.249. The molecule has 0 bridgehead atoms. The SMILES string of the molecule is O=C(N1CCNCC1)N1CCCSCC1. The van der Waals surface area contributed by atoms with Gasteiger partial charge in [0, 0.05) is 45.0 Å². The van der Waals surface area contributed by atoms with Crippen LogP contribution in [0.5, 0.6) is 0 Å². The average molecular weight is 229 g/mol. The lowest BCUT2D eigenvalue weighted by molar-refractivity contribution is 0.150. The summed E-state index contributed by atoms with van der Waals surface area (Å²) < 4.78 is 0. The second kappa shape index (κ2) is 5.61. The van der Waals surface area contributed by atoms with Gasteiger partial charge in [-0.1, -0.05) is 0 Å². The normalized spacial score (nSPS) is 23.7. The third kappa shape index (κ3) is 3.01. The molecular weight excluding hydrogens is 210 g/mol. The van der Waals surface area contributed by atoms with Crippen molar-refractivity contribution < 1.29 is 4.79 Å². The number of thioether (sulfide) groups is 1. The first kappa shape index (κ1) is 11.1. The Labute approximate surface area is 95.4 Å². The van der Waals surface area contributed by atoms with Gasteiger partial charge in [-0.25, -0.2) is 4.79 Å². The van der Waals surface area contributed by atoms with Crippen LogP contribution in [0.1, 0.15) is 6.42 Å². The first-order valence-electron chi connectivity index (χ1n) is 5.70. The van der Waals surface area contributed by atoms with Crippen molar-refractivity contribution in [1.82, 2.24) is 15.1 Å². The summed E-state index contributed by atoms with van der Waals surface area (Å²) in [6.45, 7) is 5.47. The first-order chi connectivity index (χ1) is 7.38. The van der Waals surface area contributed by atoms with Crippen LogP contribution in [-0.4, -0.2) is 66.6 Å². The smallest absolute Gasteiger partial charge is 0.320 e. The molecule has 86 valence electrons. The monoisotopic (exact) mass is 229 g/mol. The van der Waals surface area contributed by atoms with Gasteiger partial charge in [0.15, 0.2) is 0 Å². The van der Waals surface area contributed by atoms with Gasteiger partial charge < -0.3 is 15.1 Å². The summed E-state index contributed by atoms with van der Waals surface area (Å²) in [4.78, 5) is 16.1. The zero-order valence-electron chi connectivity index (χ0n) is 9.07. The van der Waals surface area contributed by atoms with E-state index >= 15 is 0 Å². The Hall–Kier alpha value is -0.420. The molecule has 2 saturated heterocycles. The molecule has 0 atom stereocenters. The lowest BCUT2D eigenvalue weighted by atomic mass is 10.3. The number of carbonyl (C=O) groups excluding carboxylic acids is 1. The highest BCUT2D eigenvalue weighted by atomic mass is 32.2. The molecule has 5 heteroatoms. The van der Waals surface area contributed by atoms with E-state index in [9.17, 15) is 4.79 Å². The summed E-state index contributed by atoms with van der Waals surface area (Å²) in [6, 6.07) is 0.249. The predicted octanol–water partition coefficient (Wildman–Crippen LogP) is 0.450. The van der Waals surface area contributed by atoms with Crippen LogP contribution in [0.3, 0.4) is 0 Å². The van der Waals surface area contributed by atoms with E-state index in [1.807, 2.05) is 21.6 Å². The molecule has 2 heterocycles. The molecule has 0 radical (unpaired) electrons. The van der Waals surface area contributed by atoms with Gasteiger partial charge in [0.25, 0.3) is 0 Å². The van der Waals surface area contributed by atoms with Gasteiger partial charge in [0.1, 0.15) is 0 Å². The van der Waals surface area contributed by atoms with Crippen LogP contribution in [-0.2, 0) is 0 Å². The molecule has 2 aliphatic rings. The van der Waals surface area contributed by atoms with Crippen LogP contribution >= 0.6 is 11.8 Å². The van der Waals surface area contributed by atoms with Crippen LogP contribution in [0.15, 0.2) is 0 Å². The number of nitrogens with one attached hydrogen (secondary N) is 1. The zero-order chi connectivity index (χ0) is 10.5. The van der Waals surface area contributed by atoms with Crippen LogP contribution < -0.4 is 5.32 Å². The summed E-state index contributed by atoms with van der Waals surface area (Å²) in [5.41, 5.74) is 0. The van der Waals surface area contributed by atoms with Gasteiger partial charge in [-0.05, 0) is 12.2 Å². The highest BCUT2D eigenvalue weighted by Crippen LogP contribution is 2.12. The molecule has 2 rings (SSSR count). The summed E-state index contributed by atoms with van der Waals surface area (Å²) in [5, 5.41) is 3.27. The number of hydrogen-bond acceptors (Lipinski definition) is 3. The fourth-order valence-electron chi connectivity index (χ4n) is 1.99. The number of piperazine rings is 1. The lowest BCUT2D eigenvalue weighted by Gasteiger charge is -2.32. The summed E-state index contributed by atoms with van der Waals surface area (Å²) in [6.07, 6.45) is 1.14. The number of carbonyl (C=O) groups is 1. The molecule has 2 amide bonds. The number of amides is 2. The molecule has 0 aliphatic carbocycles. The standard InChI is InChI=1S/C10H19N3OS/c14-10(13-5-2-11-3-6-13)12-4-1-8-15-9-7-12/h11H,1-9H2. The van der Waals surface area contributed by atoms with E-state index in [1.54, 1.807) is 0 Å². The first-order valence-corrected chi connectivity index (χ1v) is 6.86. The Bertz CT molecular complexity index is 211. The van der Waals surface area contributed by atoms with Crippen LogP contribution in [0.4, 0.5) is 4.79 Å². The van der Waals surface area contributed by atoms with Crippen molar-refractivity contribution in [3.05, 3.63) is 0 Å². The van der Waals surface area contributed by atoms with E-state index in [1.165, 1.54) is 5.75 Å². The van der Waals surface area contributed by atoms with E-state index in [0.717, 1.165) is 51.4 Å². The molecule has 2 fully saturated rings. The van der Waals surface area contributed by atoms with Gasteiger partial charge in [-0.3, -0.25) is 0 Å². The van der Waals surface area contributed by atoms with E-state index in [2.05, 4.69) is 5.32 Å². The minimum absolute atomic E-state index is 0.249. The van der Waals surface area contributed by atoms with Crippen molar-refractivity contribution in [2.75, 3.05) is 50.8 Å². The van der Waals surface area contributed by atoms with Gasteiger partial charge in [0.05, 0.1) is 0 Å². The Kier molecular flexibility index (Phi) is 4.14. The van der Waals surface area contributed by atoms with Crippen molar-refractivity contribution in [1.29, 1.82) is 0 Å². The Balaban J connectivity index is 1.87. The summed E-state index contributed by atoms with van der Waals surface area (Å²) >= 11 is 1.96. The van der Waals surface area contributed by atoms with Gasteiger partial charge in [-0.15, -0.1) is 0 Å². The molecule has 0 spiro atoms. The molecule has 4 nitrogen and oxygen atoms in total. The van der Waals surface area contributed by atoms with E-state index < -0.39 is 0 Å². The minimum Gasteiger partial charge on any atom is -0.324 e. The Morgan fingerprint density at radius 1 is 1.00 bits per heavy atom. The molecule has 0 unspecified atom stereocenters. The van der Waals surface area contributed by atoms with Gasteiger partial charge in [-0.2, -0.15) is 11.8 Å². The number of rotatable bonds is 0. The van der Waals surface area contributed by atoms with Crippen molar-refractivity contribution >= 4 is 17.8 Å². The molecule has 15 heavy (non-hydrogen) atoms. The molecule has 1 N–H and O–H groups in total. The zero-order valence-corrected chi connectivity index (χ0v) is 9.89. The summed E-state index contributed by atoms with van der Waals surface area (Å²) in [5.74, 6) is 2.29. The lowest BCUT2D eigenvalue weighted by Crippen LogP contribution is -2.51. The maximum absolute atomic E-state index is 12.1. The summed E-state index contributed by atoms with van der Waals surface area (Å²) in [7, 11) is 0. The number of urea groups is 1. The van der Waals surface area contributed by atoms with Crippen molar-refractivity contribution in [3.63, 3.8) is 0 Å². The van der Waals surface area contributed by atoms with Crippen molar-refractivity contribution in [3.8, 4) is 0 Å². The second-order valence-electron chi connectivity index (χ2n) is 3.97. The largest absolute Gasteiger partial charge is 0.324 e.